The lowest BCUT2D eigenvalue weighted by Crippen LogP contribution is -2.15. The molecule has 0 radical (unpaired) electrons. The molecular weight excluding hydrogens is 331 g/mol. The first-order valence-corrected chi connectivity index (χ1v) is 7.16. The Morgan fingerprint density at radius 1 is 0.960 bits per heavy atom. The fraction of sp³-hybridized carbons (Fsp3) is 0.176. The molecule has 0 aliphatic carbocycles. The third-order valence-corrected chi connectivity index (χ3v) is 3.30. The van der Waals surface area contributed by atoms with Crippen LogP contribution in [0.1, 0.15) is 10.4 Å². The summed E-state index contributed by atoms with van der Waals surface area (Å²) in [6.45, 7) is 0. The third kappa shape index (κ3) is 4.37. The van der Waals surface area contributed by atoms with E-state index >= 15 is 0 Å². The highest BCUT2D eigenvalue weighted by molar-refractivity contribution is 6.06. The van der Waals surface area contributed by atoms with Gasteiger partial charge in [-0.25, -0.2) is 9.18 Å². The zero-order valence-electron chi connectivity index (χ0n) is 13.9. The summed E-state index contributed by atoms with van der Waals surface area (Å²) in [6, 6.07) is 8.53. The van der Waals surface area contributed by atoms with Gasteiger partial charge >= 0.3 is 6.09 Å². The molecule has 0 aromatic heterocycles. The number of amides is 2. The van der Waals surface area contributed by atoms with E-state index in [0.717, 1.165) is 13.2 Å². The summed E-state index contributed by atoms with van der Waals surface area (Å²) in [6.07, 6.45) is -0.822. The average molecular weight is 348 g/mol. The van der Waals surface area contributed by atoms with Crippen molar-refractivity contribution in [2.24, 2.45) is 0 Å². The zero-order valence-corrected chi connectivity index (χ0v) is 13.9. The van der Waals surface area contributed by atoms with Crippen LogP contribution in [0.5, 0.6) is 11.5 Å². The van der Waals surface area contributed by atoms with Crippen LogP contribution in [0.4, 0.5) is 20.6 Å². The molecule has 0 aliphatic heterocycles. The number of hydrogen-bond acceptors (Lipinski definition) is 5. The van der Waals surface area contributed by atoms with E-state index in [-0.39, 0.29) is 16.9 Å². The van der Waals surface area contributed by atoms with Gasteiger partial charge in [-0.1, -0.05) is 0 Å². The van der Waals surface area contributed by atoms with Crippen LogP contribution < -0.4 is 20.1 Å². The van der Waals surface area contributed by atoms with Crippen molar-refractivity contribution in [1.29, 1.82) is 0 Å². The van der Waals surface area contributed by atoms with Crippen molar-refractivity contribution in [2.75, 3.05) is 32.0 Å². The van der Waals surface area contributed by atoms with Gasteiger partial charge in [-0.05, 0) is 36.4 Å². The zero-order chi connectivity index (χ0) is 18.4. The van der Waals surface area contributed by atoms with Crippen molar-refractivity contribution >= 4 is 23.4 Å². The molecule has 0 saturated carbocycles. The Morgan fingerprint density at radius 2 is 1.72 bits per heavy atom. The number of rotatable bonds is 5. The van der Waals surface area contributed by atoms with Crippen LogP contribution >= 0.6 is 0 Å². The number of halogens is 1. The van der Waals surface area contributed by atoms with Crippen LogP contribution in [-0.2, 0) is 4.74 Å². The number of methoxy groups -OCH3 is 3. The molecule has 0 unspecified atom stereocenters. The predicted molar refractivity (Wildman–Crippen MR) is 89.9 cm³/mol. The molecule has 0 aliphatic rings. The van der Waals surface area contributed by atoms with Crippen molar-refractivity contribution in [3.05, 3.63) is 47.8 Å². The minimum Gasteiger partial charge on any atom is -0.497 e. The standard InChI is InChI=1S/C17H17FN2O5/c1-23-11-5-7-15(24-2)12(9-11)16(21)19-10-4-6-13(18)14(8-10)20-17(22)25-3/h4-9H,1-3H3,(H,19,21)(H,20,22). The van der Waals surface area contributed by atoms with Gasteiger partial charge in [-0.3, -0.25) is 10.1 Å². The molecule has 2 N–H and O–H groups in total. The molecule has 8 heteroatoms. The fourth-order valence-corrected chi connectivity index (χ4v) is 2.05. The fourth-order valence-electron chi connectivity index (χ4n) is 2.05. The first-order valence-electron chi connectivity index (χ1n) is 7.16. The van der Waals surface area contributed by atoms with Crippen LogP contribution in [0.15, 0.2) is 36.4 Å². The van der Waals surface area contributed by atoms with Crippen LogP contribution in [0.3, 0.4) is 0 Å². The first-order chi connectivity index (χ1) is 12.0. The third-order valence-electron chi connectivity index (χ3n) is 3.30. The quantitative estimate of drug-likeness (QED) is 0.866. The molecule has 0 fully saturated rings. The number of nitrogens with one attached hydrogen (secondary N) is 2. The molecule has 7 nitrogen and oxygen atoms in total. The van der Waals surface area contributed by atoms with E-state index in [1.54, 1.807) is 12.1 Å². The lowest BCUT2D eigenvalue weighted by atomic mass is 10.1. The lowest BCUT2D eigenvalue weighted by Gasteiger charge is -2.12. The maximum Gasteiger partial charge on any atom is 0.411 e. The topological polar surface area (TPSA) is 85.9 Å². The molecule has 2 amide bonds. The summed E-state index contributed by atoms with van der Waals surface area (Å²) in [4.78, 5) is 23.7. The Labute approximate surface area is 143 Å². The van der Waals surface area contributed by atoms with E-state index in [1.165, 1.54) is 32.4 Å². The van der Waals surface area contributed by atoms with Gasteiger partial charge in [-0.2, -0.15) is 0 Å². The average Bonchev–Trinajstić information content (AvgIpc) is 2.63. The maximum atomic E-state index is 13.7. The smallest absolute Gasteiger partial charge is 0.411 e. The van der Waals surface area contributed by atoms with Crippen molar-refractivity contribution < 1.29 is 28.2 Å². The number of hydrogen-bond donors (Lipinski definition) is 2. The Hall–Kier alpha value is -3.29. The van der Waals surface area contributed by atoms with Gasteiger partial charge in [0, 0.05) is 5.69 Å². The number of anilines is 2. The van der Waals surface area contributed by atoms with Gasteiger partial charge in [0.05, 0.1) is 32.6 Å². The second kappa shape index (κ2) is 8.00. The van der Waals surface area contributed by atoms with Gasteiger partial charge < -0.3 is 19.5 Å². The van der Waals surface area contributed by atoms with E-state index in [2.05, 4.69) is 15.4 Å². The molecule has 0 bridgehead atoms. The number of benzene rings is 2. The van der Waals surface area contributed by atoms with Crippen LogP contribution in [0, 0.1) is 5.82 Å². The van der Waals surface area contributed by atoms with Crippen LogP contribution in [0.2, 0.25) is 0 Å². The number of carbonyl (C=O) groups excluding carboxylic acids is 2. The second-order valence-electron chi connectivity index (χ2n) is 4.83. The summed E-state index contributed by atoms with van der Waals surface area (Å²) in [5, 5.41) is 4.83. The Morgan fingerprint density at radius 3 is 2.36 bits per heavy atom. The predicted octanol–water partition coefficient (Wildman–Crippen LogP) is 3.27. The summed E-state index contributed by atoms with van der Waals surface area (Å²) >= 11 is 0. The van der Waals surface area contributed by atoms with Crippen molar-refractivity contribution in [3.63, 3.8) is 0 Å². The molecule has 132 valence electrons. The van der Waals surface area contributed by atoms with Gasteiger partial charge in [0.2, 0.25) is 0 Å². The monoisotopic (exact) mass is 348 g/mol. The molecule has 2 aromatic rings. The van der Waals surface area contributed by atoms with E-state index in [1.807, 2.05) is 0 Å². The molecule has 0 saturated heterocycles. The van der Waals surface area contributed by atoms with Crippen molar-refractivity contribution in [2.45, 2.75) is 0 Å². The minimum absolute atomic E-state index is 0.123. The largest absolute Gasteiger partial charge is 0.497 e. The molecular formula is C17H17FN2O5. The Bertz CT molecular complexity index is 795. The number of ether oxygens (including phenoxy) is 3. The van der Waals surface area contributed by atoms with Crippen LogP contribution in [0.25, 0.3) is 0 Å². The molecule has 25 heavy (non-hydrogen) atoms. The Kier molecular flexibility index (Phi) is 5.78. The summed E-state index contributed by atoms with van der Waals surface area (Å²) in [5.41, 5.74) is 0.401. The van der Waals surface area contributed by atoms with Gasteiger partial charge in [0.25, 0.3) is 5.91 Å². The molecule has 2 rings (SSSR count). The maximum absolute atomic E-state index is 13.7. The summed E-state index contributed by atoms with van der Waals surface area (Å²) in [5.74, 6) is -0.305. The highest BCUT2D eigenvalue weighted by Crippen LogP contribution is 2.26. The van der Waals surface area contributed by atoms with Crippen LogP contribution in [-0.4, -0.2) is 33.3 Å². The second-order valence-corrected chi connectivity index (χ2v) is 4.83. The first kappa shape index (κ1) is 18.1. The molecule has 0 spiro atoms. The lowest BCUT2D eigenvalue weighted by molar-refractivity contribution is 0.102. The number of carbonyl (C=O) groups is 2. The minimum atomic E-state index is -0.822. The van der Waals surface area contributed by atoms with Crippen molar-refractivity contribution in [1.82, 2.24) is 0 Å². The van der Waals surface area contributed by atoms with E-state index in [4.69, 9.17) is 9.47 Å². The molecule has 0 atom stereocenters. The molecule has 0 heterocycles. The SMILES string of the molecule is COC(=O)Nc1cc(NC(=O)c2cc(OC)ccc2OC)ccc1F. The summed E-state index contributed by atoms with van der Waals surface area (Å²) < 4.78 is 28.4. The highest BCUT2D eigenvalue weighted by Gasteiger charge is 2.15. The van der Waals surface area contributed by atoms with Gasteiger partial charge in [0.15, 0.2) is 0 Å². The van der Waals surface area contributed by atoms with Crippen molar-refractivity contribution in [3.8, 4) is 11.5 Å². The molecule has 2 aromatic carbocycles. The summed E-state index contributed by atoms with van der Waals surface area (Å²) in [7, 11) is 4.08. The normalized spacial score (nSPS) is 9.92. The van der Waals surface area contributed by atoms with Gasteiger partial charge in [0.1, 0.15) is 17.3 Å². The Balaban J connectivity index is 2.26. The highest BCUT2D eigenvalue weighted by atomic mass is 19.1. The van der Waals surface area contributed by atoms with E-state index in [9.17, 15) is 14.0 Å². The van der Waals surface area contributed by atoms with Gasteiger partial charge in [-0.15, -0.1) is 0 Å². The van der Waals surface area contributed by atoms with E-state index < -0.39 is 17.8 Å². The van der Waals surface area contributed by atoms with E-state index in [0.29, 0.717) is 11.5 Å².